The number of aromatic hydroxyl groups is 2. The van der Waals surface area contributed by atoms with E-state index in [-0.39, 0.29) is 35.2 Å². The molecule has 0 radical (unpaired) electrons. The molecule has 39 heavy (non-hydrogen) atoms. The van der Waals surface area contributed by atoms with Crippen molar-refractivity contribution in [2.45, 2.75) is 123 Å². The van der Waals surface area contributed by atoms with Gasteiger partial charge < -0.3 is 34.6 Å². The van der Waals surface area contributed by atoms with Crippen molar-refractivity contribution in [2.24, 2.45) is 17.3 Å². The summed E-state index contributed by atoms with van der Waals surface area (Å²) in [5.74, 6) is -2.95. The molecule has 4 N–H and O–H groups in total. The summed E-state index contributed by atoms with van der Waals surface area (Å²) in [6, 6.07) is 1.35. The average molecular weight is 549 g/mol. The molecule has 1 saturated carbocycles. The van der Waals surface area contributed by atoms with Crippen molar-refractivity contribution >= 4 is 11.8 Å². The summed E-state index contributed by atoms with van der Waals surface area (Å²) in [6.45, 7) is 13.9. The maximum atomic E-state index is 14.2. The number of carbonyl (C=O) groups excluding carboxylic acids is 2. The molecule has 218 valence electrons. The van der Waals surface area contributed by atoms with Gasteiger partial charge >= 0.3 is 5.97 Å². The van der Waals surface area contributed by atoms with Gasteiger partial charge in [0, 0.05) is 30.2 Å². The number of rotatable bonds is 6. The van der Waals surface area contributed by atoms with E-state index < -0.39 is 64.6 Å². The Bertz CT molecular complexity index is 1140. The summed E-state index contributed by atoms with van der Waals surface area (Å²) in [5, 5.41) is 44.6. The Morgan fingerprint density at radius 2 is 1.90 bits per heavy atom. The molecule has 1 aromatic carbocycles. The number of phenolic OH excluding ortho intramolecular Hbond substituents is 2. The molecule has 9 unspecified atom stereocenters. The number of fused-ring (bicyclic) bond motifs is 4. The third kappa shape index (κ3) is 4.70. The Kier molecular flexibility index (Phi) is 7.54. The average Bonchev–Trinajstić information content (AvgIpc) is 2.83. The number of benzene rings is 1. The van der Waals surface area contributed by atoms with Crippen LogP contribution in [0.15, 0.2) is 6.07 Å². The predicted molar refractivity (Wildman–Crippen MR) is 143 cm³/mol. The van der Waals surface area contributed by atoms with Gasteiger partial charge in [0.05, 0.1) is 29.8 Å². The summed E-state index contributed by atoms with van der Waals surface area (Å²) in [5.41, 5.74) is -3.11. The molecule has 3 aliphatic rings. The van der Waals surface area contributed by atoms with Crippen LogP contribution < -0.4 is 4.74 Å². The van der Waals surface area contributed by atoms with E-state index in [9.17, 15) is 30.0 Å². The Morgan fingerprint density at radius 3 is 2.46 bits per heavy atom. The molecule has 2 heterocycles. The Labute approximate surface area is 230 Å². The molecule has 9 nitrogen and oxygen atoms in total. The zero-order valence-electron chi connectivity index (χ0n) is 24.3. The van der Waals surface area contributed by atoms with Gasteiger partial charge in [-0.2, -0.15) is 0 Å². The van der Waals surface area contributed by atoms with E-state index in [4.69, 9.17) is 14.2 Å². The first-order chi connectivity index (χ1) is 18.0. The standard InChI is InChI=1S/C30H44O9/c1-9-14(2)25(37-16(4)31)15(3)17-12-18(32)22-24(35)27-29(7,39-26(22)23(17)34)11-10-20-30(27,8)19(33)13-21(38-20)28(5,6)36/h12,14-15,19-21,25,27,32-34,36H,9-11,13H2,1-8H3. The summed E-state index contributed by atoms with van der Waals surface area (Å²) < 4.78 is 18.3. The van der Waals surface area contributed by atoms with Crippen molar-refractivity contribution in [2.75, 3.05) is 0 Å². The van der Waals surface area contributed by atoms with Crippen LogP contribution in [0.25, 0.3) is 0 Å². The number of hydrogen-bond acceptors (Lipinski definition) is 9. The lowest BCUT2D eigenvalue weighted by Gasteiger charge is -2.61. The third-order valence-electron chi connectivity index (χ3n) is 9.70. The highest BCUT2D eigenvalue weighted by Gasteiger charge is 2.66. The number of aliphatic hydroxyl groups excluding tert-OH is 1. The van der Waals surface area contributed by atoms with Gasteiger partial charge in [-0.1, -0.05) is 34.1 Å². The highest BCUT2D eigenvalue weighted by atomic mass is 16.5. The van der Waals surface area contributed by atoms with Crippen LogP contribution in [-0.4, -0.2) is 67.8 Å². The van der Waals surface area contributed by atoms with E-state index in [1.807, 2.05) is 13.8 Å². The molecule has 1 aromatic rings. The lowest BCUT2D eigenvalue weighted by Crippen LogP contribution is -2.69. The Hall–Kier alpha value is -2.36. The molecule has 2 aliphatic heterocycles. The van der Waals surface area contributed by atoms with Crippen LogP contribution in [0.4, 0.5) is 0 Å². The van der Waals surface area contributed by atoms with Crippen molar-refractivity contribution in [3.8, 4) is 17.2 Å². The first-order valence-electron chi connectivity index (χ1n) is 14.0. The van der Waals surface area contributed by atoms with Gasteiger partial charge in [-0.3, -0.25) is 9.59 Å². The zero-order chi connectivity index (χ0) is 29.2. The highest BCUT2D eigenvalue weighted by Crippen LogP contribution is 2.61. The molecule has 9 atom stereocenters. The van der Waals surface area contributed by atoms with Crippen molar-refractivity contribution in [3.05, 3.63) is 17.2 Å². The molecule has 0 amide bonds. The van der Waals surface area contributed by atoms with Gasteiger partial charge in [0.15, 0.2) is 17.3 Å². The van der Waals surface area contributed by atoms with Crippen molar-refractivity contribution in [1.82, 2.24) is 0 Å². The van der Waals surface area contributed by atoms with Gasteiger partial charge in [-0.05, 0) is 45.6 Å². The van der Waals surface area contributed by atoms with E-state index in [1.165, 1.54) is 13.0 Å². The number of ketones is 1. The van der Waals surface area contributed by atoms with E-state index in [2.05, 4.69) is 0 Å². The van der Waals surface area contributed by atoms with Gasteiger partial charge in [0.25, 0.3) is 0 Å². The van der Waals surface area contributed by atoms with E-state index in [0.717, 1.165) is 6.42 Å². The number of ether oxygens (including phenoxy) is 3. The van der Waals surface area contributed by atoms with Crippen LogP contribution in [0.5, 0.6) is 17.2 Å². The molecule has 0 aromatic heterocycles. The molecular formula is C30H44O9. The number of esters is 1. The predicted octanol–water partition coefficient (Wildman–Crippen LogP) is 4.22. The fraction of sp³-hybridized carbons (Fsp3) is 0.733. The second-order valence-corrected chi connectivity index (χ2v) is 12.9. The van der Waals surface area contributed by atoms with E-state index >= 15 is 0 Å². The van der Waals surface area contributed by atoms with Crippen molar-refractivity contribution < 1.29 is 44.2 Å². The summed E-state index contributed by atoms with van der Waals surface area (Å²) in [7, 11) is 0. The largest absolute Gasteiger partial charge is 0.507 e. The smallest absolute Gasteiger partial charge is 0.302 e. The lowest BCUT2D eigenvalue weighted by molar-refractivity contribution is -0.263. The Balaban J connectivity index is 1.78. The second kappa shape index (κ2) is 9.93. The monoisotopic (exact) mass is 548 g/mol. The van der Waals surface area contributed by atoms with Crippen LogP contribution in [-0.2, 0) is 14.3 Å². The summed E-state index contributed by atoms with van der Waals surface area (Å²) in [4.78, 5) is 26.0. The minimum Gasteiger partial charge on any atom is -0.507 e. The van der Waals surface area contributed by atoms with Crippen LogP contribution in [0.1, 0.15) is 103 Å². The van der Waals surface area contributed by atoms with Crippen LogP contribution in [0.3, 0.4) is 0 Å². The maximum Gasteiger partial charge on any atom is 0.302 e. The number of hydrogen-bond donors (Lipinski definition) is 4. The first kappa shape index (κ1) is 29.6. The van der Waals surface area contributed by atoms with Crippen LogP contribution >= 0.6 is 0 Å². The molecular weight excluding hydrogens is 504 g/mol. The van der Waals surface area contributed by atoms with Crippen LogP contribution in [0.2, 0.25) is 0 Å². The molecule has 9 heteroatoms. The highest BCUT2D eigenvalue weighted by molar-refractivity contribution is 6.06. The zero-order valence-corrected chi connectivity index (χ0v) is 24.3. The van der Waals surface area contributed by atoms with Crippen molar-refractivity contribution in [1.29, 1.82) is 0 Å². The maximum absolute atomic E-state index is 14.2. The fourth-order valence-corrected chi connectivity index (χ4v) is 7.20. The minimum atomic E-state index is -1.17. The first-order valence-corrected chi connectivity index (χ1v) is 14.0. The fourth-order valence-electron chi connectivity index (χ4n) is 7.20. The summed E-state index contributed by atoms with van der Waals surface area (Å²) >= 11 is 0. The minimum absolute atomic E-state index is 0.0262. The van der Waals surface area contributed by atoms with E-state index in [0.29, 0.717) is 18.4 Å². The quantitative estimate of drug-likeness (QED) is 0.303. The molecule has 1 aliphatic carbocycles. The second-order valence-electron chi connectivity index (χ2n) is 12.9. The van der Waals surface area contributed by atoms with Gasteiger partial charge in [-0.15, -0.1) is 0 Å². The molecule has 2 fully saturated rings. The number of phenols is 2. The normalized spacial score (nSPS) is 34.6. The van der Waals surface area contributed by atoms with E-state index in [1.54, 1.807) is 34.6 Å². The molecule has 0 bridgehead atoms. The lowest BCUT2D eigenvalue weighted by atomic mass is 9.52. The molecule has 0 spiro atoms. The number of aliphatic hydroxyl groups is 2. The van der Waals surface area contributed by atoms with Gasteiger partial charge in [0.1, 0.15) is 23.0 Å². The van der Waals surface area contributed by atoms with Crippen LogP contribution in [0, 0.1) is 17.3 Å². The van der Waals surface area contributed by atoms with Gasteiger partial charge in [-0.25, -0.2) is 0 Å². The topological polar surface area (TPSA) is 143 Å². The van der Waals surface area contributed by atoms with Crippen molar-refractivity contribution in [3.63, 3.8) is 0 Å². The molecule has 4 rings (SSSR count). The molecule has 1 saturated heterocycles. The SMILES string of the molecule is CCC(C)C(OC(C)=O)C(C)c1cc(O)c2c(c1O)OC1(C)CCC3OC(C(C)(C)O)CC(O)C3(C)C1C2=O. The third-order valence-corrected chi connectivity index (χ3v) is 9.70. The Morgan fingerprint density at radius 1 is 1.26 bits per heavy atom. The summed E-state index contributed by atoms with van der Waals surface area (Å²) in [6.07, 6.45) is -0.901. The van der Waals surface area contributed by atoms with Gasteiger partial charge in [0.2, 0.25) is 0 Å². The number of Topliss-reactive ketones (excluding diaryl/α,β-unsaturated/α-hetero) is 1. The number of carbonyl (C=O) groups is 2.